The van der Waals surface area contributed by atoms with Crippen LogP contribution in [-0.4, -0.2) is 59.7 Å². The van der Waals surface area contributed by atoms with Gasteiger partial charge in [0.05, 0.1) is 17.7 Å². The Balaban J connectivity index is 1.61. The molecule has 2 aliphatic rings. The van der Waals surface area contributed by atoms with Gasteiger partial charge in [-0.05, 0) is 80.0 Å². The second-order valence-corrected chi connectivity index (χ2v) is 11.3. The maximum absolute atomic E-state index is 13.8. The van der Waals surface area contributed by atoms with Crippen LogP contribution in [0.3, 0.4) is 0 Å². The van der Waals surface area contributed by atoms with Gasteiger partial charge in [-0.3, -0.25) is 14.5 Å². The molecule has 1 saturated carbocycles. The number of ether oxygens (including phenoxy) is 1. The summed E-state index contributed by atoms with van der Waals surface area (Å²) < 4.78 is 18.0. The highest BCUT2D eigenvalue weighted by Crippen LogP contribution is 2.48. The molecule has 1 heterocycles. The number of esters is 1. The number of carbonyl (C=O) groups excluding carboxylic acids is 3. The first-order valence-corrected chi connectivity index (χ1v) is 13.3. The summed E-state index contributed by atoms with van der Waals surface area (Å²) in [7, 11) is 1.18. The van der Waals surface area contributed by atoms with Crippen LogP contribution >= 0.6 is 11.6 Å². The lowest BCUT2D eigenvalue weighted by Gasteiger charge is -2.44. The Hall–Kier alpha value is -3.03. The van der Waals surface area contributed by atoms with Gasteiger partial charge in [-0.1, -0.05) is 36.7 Å². The van der Waals surface area contributed by atoms with E-state index in [9.17, 15) is 18.8 Å². The molecule has 0 spiro atoms. The second kappa shape index (κ2) is 11.0. The number of amides is 1. The molecule has 1 amide bonds. The van der Waals surface area contributed by atoms with Crippen LogP contribution in [0.4, 0.5) is 4.39 Å². The molecule has 2 fully saturated rings. The molecule has 0 radical (unpaired) electrons. The van der Waals surface area contributed by atoms with Crippen molar-refractivity contribution in [2.24, 2.45) is 5.41 Å². The molecule has 8 heteroatoms. The zero-order valence-corrected chi connectivity index (χ0v) is 23.3. The number of hydrogen-bond acceptors (Lipinski definition) is 5. The fraction of sp³-hybridized carbons (Fsp3) is 0.433. The molecule has 202 valence electrons. The fourth-order valence-electron chi connectivity index (χ4n) is 4.97. The van der Waals surface area contributed by atoms with Crippen molar-refractivity contribution >= 4 is 34.8 Å². The SMILES string of the molecule is COC(=O)C(=O)/C(=C/C1(C)CC1)c1cc(C(=O)N2C[C@H](C)N(Cc3ccc(F)cc3)C[C@H]2C)c(Cl)cc1C. The molecule has 1 aliphatic heterocycles. The number of allylic oxidation sites excluding steroid dienone is 1. The Labute approximate surface area is 228 Å². The van der Waals surface area contributed by atoms with E-state index in [1.165, 1.54) is 19.2 Å². The van der Waals surface area contributed by atoms with Gasteiger partial charge in [-0.25, -0.2) is 9.18 Å². The number of aryl methyl sites for hydroxylation is 1. The van der Waals surface area contributed by atoms with E-state index in [2.05, 4.69) is 11.8 Å². The van der Waals surface area contributed by atoms with Crippen LogP contribution in [0.1, 0.15) is 60.7 Å². The Bertz CT molecular complexity index is 1290. The summed E-state index contributed by atoms with van der Waals surface area (Å²) in [5.41, 5.74) is 2.59. The number of hydrogen-bond donors (Lipinski definition) is 0. The quantitative estimate of drug-likeness (QED) is 0.265. The van der Waals surface area contributed by atoms with E-state index in [1.807, 2.05) is 26.8 Å². The van der Waals surface area contributed by atoms with Gasteiger partial charge >= 0.3 is 5.97 Å². The monoisotopic (exact) mass is 540 g/mol. The molecule has 2 aromatic rings. The predicted octanol–water partition coefficient (Wildman–Crippen LogP) is 5.45. The third-order valence-corrected chi connectivity index (χ3v) is 7.97. The zero-order valence-electron chi connectivity index (χ0n) is 22.5. The molecule has 1 aliphatic carbocycles. The van der Waals surface area contributed by atoms with E-state index in [4.69, 9.17) is 16.3 Å². The van der Waals surface area contributed by atoms with E-state index in [1.54, 1.807) is 29.2 Å². The second-order valence-electron chi connectivity index (χ2n) is 10.9. The highest BCUT2D eigenvalue weighted by Gasteiger charge is 2.38. The van der Waals surface area contributed by atoms with E-state index < -0.39 is 11.8 Å². The minimum atomic E-state index is -0.942. The van der Waals surface area contributed by atoms with Gasteiger partial charge in [0, 0.05) is 37.3 Å². The first-order chi connectivity index (χ1) is 17.9. The number of halogens is 2. The van der Waals surface area contributed by atoms with E-state index in [-0.39, 0.29) is 34.8 Å². The van der Waals surface area contributed by atoms with Crippen LogP contribution in [0.15, 0.2) is 42.5 Å². The molecule has 1 saturated heterocycles. The Kier molecular flexibility index (Phi) is 8.09. The lowest BCUT2D eigenvalue weighted by Crippen LogP contribution is -2.57. The van der Waals surface area contributed by atoms with Crippen molar-refractivity contribution in [1.82, 2.24) is 9.80 Å². The van der Waals surface area contributed by atoms with E-state index in [0.717, 1.165) is 18.4 Å². The van der Waals surface area contributed by atoms with Gasteiger partial charge in [0.15, 0.2) is 0 Å². The largest absolute Gasteiger partial charge is 0.463 e. The maximum atomic E-state index is 13.8. The number of nitrogens with zero attached hydrogens (tertiary/aromatic N) is 2. The van der Waals surface area contributed by atoms with E-state index >= 15 is 0 Å². The Morgan fingerprint density at radius 1 is 1.08 bits per heavy atom. The molecule has 0 aromatic heterocycles. The minimum absolute atomic E-state index is 0.0649. The number of benzene rings is 2. The van der Waals surface area contributed by atoms with Gasteiger partial charge < -0.3 is 9.64 Å². The van der Waals surface area contributed by atoms with Gasteiger partial charge in [-0.2, -0.15) is 0 Å². The molecule has 4 rings (SSSR count). The molecular formula is C30H34ClFN2O4. The molecule has 0 unspecified atom stereocenters. The van der Waals surface area contributed by atoms with Crippen LogP contribution < -0.4 is 0 Å². The third-order valence-electron chi connectivity index (χ3n) is 7.66. The highest BCUT2D eigenvalue weighted by molar-refractivity contribution is 6.52. The lowest BCUT2D eigenvalue weighted by molar-refractivity contribution is -0.149. The van der Waals surface area contributed by atoms with Crippen molar-refractivity contribution in [3.8, 4) is 0 Å². The van der Waals surface area contributed by atoms with Crippen molar-refractivity contribution in [2.45, 2.75) is 59.2 Å². The third kappa shape index (κ3) is 6.00. The first-order valence-electron chi connectivity index (χ1n) is 12.9. The van der Waals surface area contributed by atoms with Crippen molar-refractivity contribution < 1.29 is 23.5 Å². The molecular weight excluding hydrogens is 507 g/mol. The number of rotatable bonds is 7. The molecule has 0 N–H and O–H groups in total. The summed E-state index contributed by atoms with van der Waals surface area (Å²) >= 11 is 6.58. The van der Waals surface area contributed by atoms with Crippen LogP contribution in [0.2, 0.25) is 5.02 Å². The zero-order chi connectivity index (χ0) is 27.8. The van der Waals surface area contributed by atoms with Crippen LogP contribution in [0.5, 0.6) is 0 Å². The van der Waals surface area contributed by atoms with Crippen LogP contribution in [0, 0.1) is 18.2 Å². The van der Waals surface area contributed by atoms with Crippen molar-refractivity contribution in [3.05, 3.63) is 75.6 Å². The Morgan fingerprint density at radius 3 is 2.34 bits per heavy atom. The average Bonchev–Trinajstić information content (AvgIpc) is 3.61. The fourth-order valence-corrected chi connectivity index (χ4v) is 5.26. The first kappa shape index (κ1) is 28.0. The van der Waals surface area contributed by atoms with Gasteiger partial charge in [0.1, 0.15) is 5.82 Å². The smallest absolute Gasteiger partial charge is 0.379 e. The van der Waals surface area contributed by atoms with Crippen molar-refractivity contribution in [3.63, 3.8) is 0 Å². The summed E-state index contributed by atoms with van der Waals surface area (Å²) in [5, 5.41) is 0.298. The Morgan fingerprint density at radius 2 is 1.74 bits per heavy atom. The normalized spacial score (nSPS) is 21.2. The van der Waals surface area contributed by atoms with Crippen molar-refractivity contribution in [1.29, 1.82) is 0 Å². The summed E-state index contributed by atoms with van der Waals surface area (Å²) in [6, 6.07) is 9.75. The van der Waals surface area contributed by atoms with E-state index in [0.29, 0.717) is 41.3 Å². The molecule has 0 bridgehead atoms. The summed E-state index contributed by atoms with van der Waals surface area (Å²) in [4.78, 5) is 43.1. The van der Waals surface area contributed by atoms with Crippen molar-refractivity contribution in [2.75, 3.05) is 20.2 Å². The number of Topliss-reactive ketones (excluding diaryl/α,β-unsaturated/α-hetero) is 1. The van der Waals surface area contributed by atoms with Gasteiger partial charge in [0.25, 0.3) is 11.7 Å². The summed E-state index contributed by atoms with van der Waals surface area (Å²) in [5.74, 6) is -2.17. The number of methoxy groups -OCH3 is 1. The molecule has 6 nitrogen and oxygen atoms in total. The van der Waals surface area contributed by atoms with Crippen LogP contribution in [-0.2, 0) is 20.9 Å². The average molecular weight is 541 g/mol. The number of ketones is 1. The summed E-state index contributed by atoms with van der Waals surface area (Å²) in [6.07, 6.45) is 3.66. The van der Waals surface area contributed by atoms with Crippen LogP contribution in [0.25, 0.3) is 5.57 Å². The van der Waals surface area contributed by atoms with Gasteiger partial charge in [0.2, 0.25) is 0 Å². The van der Waals surface area contributed by atoms with Gasteiger partial charge in [-0.15, -0.1) is 0 Å². The predicted molar refractivity (Wildman–Crippen MR) is 145 cm³/mol. The summed E-state index contributed by atoms with van der Waals surface area (Å²) in [6.45, 7) is 9.68. The number of piperazine rings is 1. The standard InChI is InChI=1S/C30H34ClFN2O4/c1-18-12-26(31)24(13-23(18)25(14-30(4)10-11-30)27(35)29(37)38-5)28(36)34-16-19(2)33(15-20(34)3)17-21-6-8-22(32)9-7-21/h6-9,12-14,19-20H,10-11,15-17H2,1-5H3/b25-14+/t19-,20+/m0/s1. The number of carbonyl (C=O) groups is 3. The molecule has 2 aromatic carbocycles. The highest BCUT2D eigenvalue weighted by atomic mass is 35.5. The topological polar surface area (TPSA) is 66.9 Å². The maximum Gasteiger partial charge on any atom is 0.379 e. The molecule has 38 heavy (non-hydrogen) atoms. The minimum Gasteiger partial charge on any atom is -0.463 e. The molecule has 2 atom stereocenters. The lowest BCUT2D eigenvalue weighted by atomic mass is 9.91.